The van der Waals surface area contributed by atoms with Gasteiger partial charge in [0, 0.05) is 25.7 Å². The molecule has 2 saturated heterocycles. The Bertz CT molecular complexity index is 183. The SMILES string of the molecule is O=C([O-])N1CC[C@H]2CNC[C@H]21. The minimum absolute atomic E-state index is 0.194. The van der Waals surface area contributed by atoms with Crippen molar-refractivity contribution in [3.05, 3.63) is 0 Å². The lowest BCUT2D eigenvalue weighted by Gasteiger charge is -2.25. The number of carbonyl (C=O) groups excluding carboxylic acids is 1. The van der Waals surface area contributed by atoms with E-state index in [4.69, 9.17) is 0 Å². The monoisotopic (exact) mass is 155 g/mol. The Kier molecular flexibility index (Phi) is 1.49. The maximum Gasteiger partial charge on any atom is 0.137 e. The minimum atomic E-state index is -1.01. The first kappa shape index (κ1) is 6.91. The molecule has 2 aliphatic rings. The molecule has 0 radical (unpaired) electrons. The van der Waals surface area contributed by atoms with Gasteiger partial charge < -0.3 is 20.1 Å². The van der Waals surface area contributed by atoms with Crippen LogP contribution in [0.3, 0.4) is 0 Å². The summed E-state index contributed by atoms with van der Waals surface area (Å²) in [6, 6.07) is 0.194. The number of nitrogens with zero attached hydrogens (tertiary/aromatic N) is 1. The summed E-state index contributed by atoms with van der Waals surface area (Å²) in [5.74, 6) is 0.535. The van der Waals surface area contributed by atoms with Crippen LogP contribution in [0.2, 0.25) is 0 Å². The minimum Gasteiger partial charge on any atom is -0.530 e. The van der Waals surface area contributed by atoms with Gasteiger partial charge >= 0.3 is 0 Å². The van der Waals surface area contributed by atoms with Gasteiger partial charge in [-0.15, -0.1) is 0 Å². The van der Waals surface area contributed by atoms with Gasteiger partial charge in [0.05, 0.1) is 0 Å². The molecule has 1 N–H and O–H groups in total. The van der Waals surface area contributed by atoms with Crippen LogP contribution in [0.4, 0.5) is 4.79 Å². The molecule has 0 saturated carbocycles. The van der Waals surface area contributed by atoms with Crippen LogP contribution in [-0.4, -0.2) is 36.7 Å². The van der Waals surface area contributed by atoms with Crippen molar-refractivity contribution in [2.75, 3.05) is 19.6 Å². The van der Waals surface area contributed by atoms with E-state index in [0.29, 0.717) is 12.5 Å². The maximum absolute atomic E-state index is 10.5. The van der Waals surface area contributed by atoms with Gasteiger partial charge in [0.15, 0.2) is 0 Å². The molecule has 2 atom stereocenters. The second kappa shape index (κ2) is 2.37. The molecule has 4 heteroatoms. The third-order valence-electron chi connectivity index (χ3n) is 2.68. The highest BCUT2D eigenvalue weighted by Crippen LogP contribution is 2.26. The summed E-state index contributed by atoms with van der Waals surface area (Å²) in [5.41, 5.74) is 0. The third-order valence-corrected chi connectivity index (χ3v) is 2.68. The fraction of sp³-hybridized carbons (Fsp3) is 0.857. The number of amides is 1. The first-order valence-electron chi connectivity index (χ1n) is 3.97. The molecule has 0 aromatic carbocycles. The molecule has 0 unspecified atom stereocenters. The van der Waals surface area contributed by atoms with Crippen LogP contribution in [0.15, 0.2) is 0 Å². The maximum atomic E-state index is 10.5. The summed E-state index contributed by atoms with van der Waals surface area (Å²) in [6.07, 6.45) is -0.0211. The van der Waals surface area contributed by atoms with E-state index in [0.717, 1.165) is 19.5 Å². The van der Waals surface area contributed by atoms with Gasteiger partial charge in [-0.2, -0.15) is 0 Å². The van der Waals surface area contributed by atoms with Crippen molar-refractivity contribution in [3.63, 3.8) is 0 Å². The van der Waals surface area contributed by atoms with Gasteiger partial charge in [0.25, 0.3) is 0 Å². The smallest absolute Gasteiger partial charge is 0.137 e. The van der Waals surface area contributed by atoms with Gasteiger partial charge in [-0.1, -0.05) is 0 Å². The Morgan fingerprint density at radius 2 is 2.36 bits per heavy atom. The van der Waals surface area contributed by atoms with E-state index in [9.17, 15) is 9.90 Å². The van der Waals surface area contributed by atoms with Crippen LogP contribution in [0.25, 0.3) is 0 Å². The first-order chi connectivity index (χ1) is 5.29. The van der Waals surface area contributed by atoms with Crippen molar-refractivity contribution in [2.24, 2.45) is 5.92 Å². The molecule has 0 aliphatic carbocycles. The molecular weight excluding hydrogens is 144 g/mol. The lowest BCUT2D eigenvalue weighted by molar-refractivity contribution is -0.266. The Labute approximate surface area is 65.2 Å². The Balaban J connectivity index is 2.08. The van der Waals surface area contributed by atoms with E-state index in [-0.39, 0.29) is 6.04 Å². The van der Waals surface area contributed by atoms with Crippen LogP contribution in [0.5, 0.6) is 0 Å². The number of carboxylic acid groups (broad SMARTS) is 1. The fourth-order valence-corrected chi connectivity index (χ4v) is 2.08. The van der Waals surface area contributed by atoms with Crippen LogP contribution < -0.4 is 10.4 Å². The number of hydrogen-bond acceptors (Lipinski definition) is 3. The summed E-state index contributed by atoms with van der Waals surface area (Å²) >= 11 is 0. The van der Waals surface area contributed by atoms with E-state index in [1.807, 2.05) is 0 Å². The summed E-state index contributed by atoms with van der Waals surface area (Å²) < 4.78 is 0. The number of rotatable bonds is 0. The van der Waals surface area contributed by atoms with E-state index in [2.05, 4.69) is 5.32 Å². The molecule has 2 rings (SSSR count). The van der Waals surface area contributed by atoms with Crippen molar-refractivity contribution in [1.29, 1.82) is 0 Å². The van der Waals surface area contributed by atoms with Crippen molar-refractivity contribution < 1.29 is 9.90 Å². The molecule has 0 aromatic rings. The molecule has 0 bridgehead atoms. The zero-order valence-corrected chi connectivity index (χ0v) is 6.25. The van der Waals surface area contributed by atoms with Crippen LogP contribution in [0, 0.1) is 5.92 Å². The van der Waals surface area contributed by atoms with Gasteiger partial charge in [-0.3, -0.25) is 0 Å². The normalized spacial score (nSPS) is 35.8. The van der Waals surface area contributed by atoms with Crippen molar-refractivity contribution in [2.45, 2.75) is 12.5 Å². The Hall–Kier alpha value is -0.770. The molecule has 1 amide bonds. The average molecular weight is 155 g/mol. The number of likely N-dealkylation sites (tertiary alicyclic amines) is 1. The largest absolute Gasteiger partial charge is 0.530 e. The number of hydrogen-bond donors (Lipinski definition) is 1. The quantitative estimate of drug-likeness (QED) is 0.469. The molecule has 2 fully saturated rings. The van der Waals surface area contributed by atoms with Gasteiger partial charge in [0.1, 0.15) is 6.09 Å². The van der Waals surface area contributed by atoms with Crippen LogP contribution in [-0.2, 0) is 0 Å². The molecule has 4 nitrogen and oxygen atoms in total. The molecule has 62 valence electrons. The Morgan fingerprint density at radius 3 is 3.09 bits per heavy atom. The van der Waals surface area contributed by atoms with E-state index in [1.54, 1.807) is 0 Å². The average Bonchev–Trinajstić information content (AvgIpc) is 2.41. The highest BCUT2D eigenvalue weighted by molar-refractivity contribution is 5.63. The molecule has 2 heterocycles. The first-order valence-corrected chi connectivity index (χ1v) is 3.97. The molecule has 0 spiro atoms. The van der Waals surface area contributed by atoms with Gasteiger partial charge in [-0.25, -0.2) is 0 Å². The zero-order chi connectivity index (χ0) is 7.84. The summed E-state index contributed by atoms with van der Waals surface area (Å²) in [4.78, 5) is 12.0. The predicted molar refractivity (Wildman–Crippen MR) is 36.9 cm³/mol. The van der Waals surface area contributed by atoms with E-state index < -0.39 is 6.09 Å². The van der Waals surface area contributed by atoms with E-state index in [1.165, 1.54) is 4.90 Å². The second-order valence-corrected chi connectivity index (χ2v) is 3.23. The highest BCUT2D eigenvalue weighted by atomic mass is 16.4. The lowest BCUT2D eigenvalue weighted by Crippen LogP contribution is -2.46. The van der Waals surface area contributed by atoms with Crippen molar-refractivity contribution in [3.8, 4) is 0 Å². The van der Waals surface area contributed by atoms with Crippen LogP contribution >= 0.6 is 0 Å². The summed E-state index contributed by atoms with van der Waals surface area (Å²) in [6.45, 7) is 2.44. The molecule has 2 aliphatic heterocycles. The molecule has 0 aromatic heterocycles. The summed E-state index contributed by atoms with van der Waals surface area (Å²) in [5, 5.41) is 13.7. The van der Waals surface area contributed by atoms with Crippen molar-refractivity contribution in [1.82, 2.24) is 10.2 Å². The zero-order valence-electron chi connectivity index (χ0n) is 6.25. The number of fused-ring (bicyclic) bond motifs is 1. The number of nitrogens with one attached hydrogen (secondary N) is 1. The topological polar surface area (TPSA) is 55.4 Å². The lowest BCUT2D eigenvalue weighted by atomic mass is 10.1. The van der Waals surface area contributed by atoms with Gasteiger partial charge in [-0.05, 0) is 12.3 Å². The summed E-state index contributed by atoms with van der Waals surface area (Å²) in [7, 11) is 0. The van der Waals surface area contributed by atoms with Crippen molar-refractivity contribution >= 4 is 6.09 Å². The van der Waals surface area contributed by atoms with E-state index >= 15 is 0 Å². The second-order valence-electron chi connectivity index (χ2n) is 3.23. The van der Waals surface area contributed by atoms with Gasteiger partial charge in [0.2, 0.25) is 0 Å². The molecule has 11 heavy (non-hydrogen) atoms. The highest BCUT2D eigenvalue weighted by Gasteiger charge is 2.37. The number of carbonyl (C=O) groups is 1. The predicted octanol–water partition coefficient (Wildman–Crippen LogP) is -1.38. The standard InChI is InChI=1S/C7H12N2O2/c10-7(11)9-2-1-5-3-8-4-6(5)9/h5-6,8H,1-4H2,(H,10,11)/p-1/t5-,6+/m0/s1. The molecular formula is C7H11N2O2-. The fourth-order valence-electron chi connectivity index (χ4n) is 2.08. The Morgan fingerprint density at radius 1 is 1.55 bits per heavy atom. The van der Waals surface area contributed by atoms with Crippen LogP contribution in [0.1, 0.15) is 6.42 Å². The third kappa shape index (κ3) is 0.976.